The van der Waals surface area contributed by atoms with E-state index in [4.69, 9.17) is 0 Å². The van der Waals surface area contributed by atoms with Gasteiger partial charge in [-0.15, -0.1) is 0 Å². The fourth-order valence-electron chi connectivity index (χ4n) is 2.68. The molecular weight excluding hydrogens is 331 g/mol. The third kappa shape index (κ3) is 3.97. The van der Waals surface area contributed by atoms with E-state index in [9.17, 15) is 17.6 Å². The molecule has 1 aliphatic rings. The Morgan fingerprint density at radius 3 is 2.67 bits per heavy atom. The van der Waals surface area contributed by atoms with Gasteiger partial charge in [0.15, 0.2) is 9.84 Å². The summed E-state index contributed by atoms with van der Waals surface area (Å²) in [5.41, 5.74) is 1.55. The highest BCUT2D eigenvalue weighted by Gasteiger charge is 2.29. The van der Waals surface area contributed by atoms with Gasteiger partial charge in [-0.2, -0.15) is 0 Å². The SMILES string of the molecule is O=C(N[C@@H]1CCS(=O)(=O)C1)c1ccc(Cc2ccccc2F)nc1. The number of hydrogen-bond donors (Lipinski definition) is 1. The van der Waals surface area contributed by atoms with Crippen LogP contribution in [-0.4, -0.2) is 36.9 Å². The maximum atomic E-state index is 13.6. The van der Waals surface area contributed by atoms with E-state index in [0.29, 0.717) is 29.7 Å². The van der Waals surface area contributed by atoms with Gasteiger partial charge in [0, 0.05) is 24.4 Å². The number of benzene rings is 1. The maximum absolute atomic E-state index is 13.6. The molecule has 0 radical (unpaired) electrons. The lowest BCUT2D eigenvalue weighted by atomic mass is 10.1. The number of nitrogens with zero attached hydrogens (tertiary/aromatic N) is 1. The molecule has 1 N–H and O–H groups in total. The van der Waals surface area contributed by atoms with E-state index in [1.54, 1.807) is 30.3 Å². The first-order chi connectivity index (χ1) is 11.4. The number of sulfone groups is 1. The normalized spacial score (nSPS) is 19.1. The minimum absolute atomic E-state index is 0.0163. The molecule has 1 saturated heterocycles. The highest BCUT2D eigenvalue weighted by molar-refractivity contribution is 7.91. The first kappa shape index (κ1) is 16.6. The molecule has 3 rings (SSSR count). The molecule has 24 heavy (non-hydrogen) atoms. The topological polar surface area (TPSA) is 76.1 Å². The summed E-state index contributed by atoms with van der Waals surface area (Å²) in [7, 11) is -3.03. The summed E-state index contributed by atoms with van der Waals surface area (Å²) in [5, 5.41) is 2.71. The maximum Gasteiger partial charge on any atom is 0.253 e. The van der Waals surface area contributed by atoms with Crippen LogP contribution in [0.25, 0.3) is 0 Å². The third-order valence-corrected chi connectivity index (χ3v) is 5.75. The van der Waals surface area contributed by atoms with Crippen LogP contribution in [0.15, 0.2) is 42.6 Å². The second-order valence-electron chi connectivity index (χ2n) is 5.88. The average Bonchev–Trinajstić information content (AvgIpc) is 2.89. The van der Waals surface area contributed by atoms with E-state index in [1.807, 2.05) is 0 Å². The lowest BCUT2D eigenvalue weighted by Gasteiger charge is -2.11. The Balaban J connectivity index is 1.64. The highest BCUT2D eigenvalue weighted by Crippen LogP contribution is 2.14. The summed E-state index contributed by atoms with van der Waals surface area (Å²) < 4.78 is 36.5. The Bertz CT molecular complexity index is 850. The molecule has 0 saturated carbocycles. The first-order valence-corrected chi connectivity index (χ1v) is 9.45. The number of carbonyl (C=O) groups is 1. The summed E-state index contributed by atoms with van der Waals surface area (Å²) in [6.45, 7) is 0. The quantitative estimate of drug-likeness (QED) is 0.913. The molecule has 0 bridgehead atoms. The van der Waals surface area contributed by atoms with Crippen LogP contribution < -0.4 is 5.32 Å². The second-order valence-corrected chi connectivity index (χ2v) is 8.11. The van der Waals surface area contributed by atoms with E-state index in [1.165, 1.54) is 12.3 Å². The average molecular weight is 348 g/mol. The fourth-order valence-corrected chi connectivity index (χ4v) is 4.35. The zero-order valence-electron chi connectivity index (χ0n) is 12.9. The van der Waals surface area contributed by atoms with Gasteiger partial charge in [0.2, 0.25) is 0 Å². The van der Waals surface area contributed by atoms with E-state index in [0.717, 1.165) is 0 Å². The largest absolute Gasteiger partial charge is 0.348 e. The van der Waals surface area contributed by atoms with Crippen molar-refractivity contribution in [2.75, 3.05) is 11.5 Å². The van der Waals surface area contributed by atoms with Gasteiger partial charge in [0.25, 0.3) is 5.91 Å². The lowest BCUT2D eigenvalue weighted by molar-refractivity contribution is 0.0940. The number of nitrogens with one attached hydrogen (secondary N) is 1. The van der Waals surface area contributed by atoms with Crippen molar-refractivity contribution in [1.29, 1.82) is 0 Å². The van der Waals surface area contributed by atoms with Gasteiger partial charge >= 0.3 is 0 Å². The van der Waals surface area contributed by atoms with Crippen LogP contribution in [0.1, 0.15) is 28.0 Å². The molecule has 2 heterocycles. The van der Waals surface area contributed by atoms with Gasteiger partial charge in [-0.3, -0.25) is 9.78 Å². The zero-order chi connectivity index (χ0) is 17.2. The van der Waals surface area contributed by atoms with Crippen LogP contribution in [0.2, 0.25) is 0 Å². The summed E-state index contributed by atoms with van der Waals surface area (Å²) in [5.74, 6) is -0.541. The minimum Gasteiger partial charge on any atom is -0.348 e. The van der Waals surface area contributed by atoms with Crippen LogP contribution in [0.5, 0.6) is 0 Å². The number of carbonyl (C=O) groups excluding carboxylic acids is 1. The van der Waals surface area contributed by atoms with Crippen molar-refractivity contribution in [2.45, 2.75) is 18.9 Å². The Morgan fingerprint density at radius 2 is 2.04 bits per heavy atom. The van der Waals surface area contributed by atoms with Gasteiger partial charge in [0.1, 0.15) is 5.82 Å². The van der Waals surface area contributed by atoms with Gasteiger partial charge in [0.05, 0.1) is 17.1 Å². The summed E-state index contributed by atoms with van der Waals surface area (Å²) in [4.78, 5) is 16.3. The lowest BCUT2D eigenvalue weighted by Crippen LogP contribution is -2.35. The van der Waals surface area contributed by atoms with Crippen molar-refractivity contribution in [3.63, 3.8) is 0 Å². The number of pyridine rings is 1. The molecule has 1 amide bonds. The standard InChI is InChI=1S/C17H17FN2O3S/c18-16-4-2-1-3-12(16)9-14-6-5-13(10-19-14)17(21)20-15-7-8-24(22,23)11-15/h1-6,10,15H,7-9,11H2,(H,20,21)/t15-/m1/s1. The van der Waals surface area contributed by atoms with E-state index < -0.39 is 9.84 Å². The van der Waals surface area contributed by atoms with Crippen molar-refractivity contribution in [3.8, 4) is 0 Å². The van der Waals surface area contributed by atoms with Crippen LogP contribution in [0.4, 0.5) is 4.39 Å². The van der Waals surface area contributed by atoms with Gasteiger partial charge < -0.3 is 5.32 Å². The molecule has 5 nitrogen and oxygen atoms in total. The predicted octanol–water partition coefficient (Wildman–Crippen LogP) is 1.73. The van der Waals surface area contributed by atoms with Gasteiger partial charge in [-0.05, 0) is 30.2 Å². The Hall–Kier alpha value is -2.28. The molecule has 1 aromatic heterocycles. The first-order valence-electron chi connectivity index (χ1n) is 7.62. The van der Waals surface area contributed by atoms with Crippen molar-refractivity contribution in [2.24, 2.45) is 0 Å². The van der Waals surface area contributed by atoms with Crippen LogP contribution in [0.3, 0.4) is 0 Å². The molecule has 0 aliphatic carbocycles. The number of hydrogen-bond acceptors (Lipinski definition) is 4. The van der Waals surface area contributed by atoms with E-state index in [-0.39, 0.29) is 29.3 Å². The molecule has 0 unspecified atom stereocenters. The van der Waals surface area contributed by atoms with Crippen LogP contribution in [0, 0.1) is 5.82 Å². The molecule has 1 fully saturated rings. The third-order valence-electron chi connectivity index (χ3n) is 3.98. The Morgan fingerprint density at radius 1 is 1.25 bits per heavy atom. The predicted molar refractivity (Wildman–Crippen MR) is 88.0 cm³/mol. The molecule has 7 heteroatoms. The Labute approximate surface area is 139 Å². The number of amides is 1. The molecule has 0 spiro atoms. The van der Waals surface area contributed by atoms with Crippen LogP contribution in [-0.2, 0) is 16.3 Å². The van der Waals surface area contributed by atoms with Crippen molar-refractivity contribution < 1.29 is 17.6 Å². The van der Waals surface area contributed by atoms with Gasteiger partial charge in [-0.25, -0.2) is 12.8 Å². The monoisotopic (exact) mass is 348 g/mol. The highest BCUT2D eigenvalue weighted by atomic mass is 32.2. The van der Waals surface area contributed by atoms with Gasteiger partial charge in [-0.1, -0.05) is 18.2 Å². The van der Waals surface area contributed by atoms with Crippen molar-refractivity contribution in [1.82, 2.24) is 10.3 Å². The molecule has 1 atom stereocenters. The molecule has 1 aromatic carbocycles. The summed E-state index contributed by atoms with van der Waals surface area (Å²) in [6.07, 6.45) is 2.21. The van der Waals surface area contributed by atoms with E-state index in [2.05, 4.69) is 10.3 Å². The molecule has 2 aromatic rings. The second kappa shape index (κ2) is 6.68. The molecule has 126 valence electrons. The number of halogens is 1. The number of aromatic nitrogens is 1. The Kier molecular flexibility index (Phi) is 4.62. The summed E-state index contributed by atoms with van der Waals surface area (Å²) >= 11 is 0. The number of rotatable bonds is 4. The fraction of sp³-hybridized carbons (Fsp3) is 0.294. The summed E-state index contributed by atoms with van der Waals surface area (Å²) in [6, 6.07) is 9.42. The van der Waals surface area contributed by atoms with Crippen molar-refractivity contribution in [3.05, 3.63) is 65.2 Å². The zero-order valence-corrected chi connectivity index (χ0v) is 13.7. The minimum atomic E-state index is -3.03. The van der Waals surface area contributed by atoms with Crippen LogP contribution >= 0.6 is 0 Å². The van der Waals surface area contributed by atoms with Crippen molar-refractivity contribution >= 4 is 15.7 Å². The molecule has 1 aliphatic heterocycles. The van der Waals surface area contributed by atoms with E-state index >= 15 is 0 Å². The molecular formula is C17H17FN2O3S. The smallest absolute Gasteiger partial charge is 0.253 e.